The van der Waals surface area contributed by atoms with E-state index in [1.165, 1.54) is 11.8 Å². The molecule has 9 nitrogen and oxygen atoms in total. The van der Waals surface area contributed by atoms with Crippen LogP contribution < -0.4 is 4.90 Å². The fourth-order valence-electron chi connectivity index (χ4n) is 5.04. The van der Waals surface area contributed by atoms with Crippen molar-refractivity contribution in [1.29, 1.82) is 0 Å². The number of anilines is 1. The van der Waals surface area contributed by atoms with Gasteiger partial charge in [-0.3, -0.25) is 9.80 Å². The average molecular weight is 502 g/mol. The zero-order chi connectivity index (χ0) is 25.2. The van der Waals surface area contributed by atoms with E-state index in [1.807, 2.05) is 29.7 Å². The molecule has 0 bridgehead atoms. The van der Waals surface area contributed by atoms with Crippen LogP contribution in [0.1, 0.15) is 37.9 Å². The molecule has 0 unspecified atom stereocenters. The Morgan fingerprint density at radius 2 is 1.71 bits per heavy atom. The molecule has 1 amide bonds. The molecule has 2 atom stereocenters. The Balaban J connectivity index is 1.31. The van der Waals surface area contributed by atoms with Gasteiger partial charge in [-0.05, 0) is 39.2 Å². The minimum Gasteiger partial charge on any atom is -0.446 e. The normalized spacial score (nSPS) is 22.3. The lowest BCUT2D eigenvalue weighted by Crippen LogP contribution is -2.59. The molecule has 1 aromatic heterocycles. The molecule has 0 spiro atoms. The summed E-state index contributed by atoms with van der Waals surface area (Å²) in [6.07, 6.45) is 3.85. The van der Waals surface area contributed by atoms with Gasteiger partial charge in [-0.15, -0.1) is 0 Å². The van der Waals surface area contributed by atoms with Crippen molar-refractivity contribution in [3.63, 3.8) is 0 Å². The molecular weight excluding hydrogens is 466 g/mol. The van der Waals surface area contributed by atoms with Crippen molar-refractivity contribution < 1.29 is 17.9 Å². The van der Waals surface area contributed by atoms with Crippen LogP contribution in [-0.2, 0) is 21.1 Å². The first kappa shape index (κ1) is 25.4. The van der Waals surface area contributed by atoms with Gasteiger partial charge in [0, 0.05) is 39.0 Å². The van der Waals surface area contributed by atoms with Gasteiger partial charge in [0.05, 0.1) is 24.0 Å². The molecule has 3 heterocycles. The molecule has 1 aromatic carbocycles. The number of aryl methyl sites for hydroxylation is 1. The van der Waals surface area contributed by atoms with Gasteiger partial charge in [0.2, 0.25) is 5.95 Å². The fourth-order valence-corrected chi connectivity index (χ4v) is 5.86. The minimum absolute atomic E-state index is 0.0681. The first-order valence-corrected chi connectivity index (χ1v) is 14.0. The van der Waals surface area contributed by atoms with Crippen LogP contribution in [0, 0.1) is 6.92 Å². The summed E-state index contributed by atoms with van der Waals surface area (Å²) in [6, 6.07) is 10.2. The van der Waals surface area contributed by atoms with Crippen LogP contribution in [0.15, 0.2) is 41.4 Å². The van der Waals surface area contributed by atoms with Crippen molar-refractivity contribution in [2.75, 3.05) is 37.3 Å². The van der Waals surface area contributed by atoms with Crippen molar-refractivity contribution in [2.45, 2.75) is 63.2 Å². The van der Waals surface area contributed by atoms with E-state index in [0.717, 1.165) is 38.7 Å². The number of carbonyl (C=O) groups is 1. The fraction of sp³-hybridized carbons (Fsp3) is 0.560. The molecule has 0 aliphatic carbocycles. The van der Waals surface area contributed by atoms with E-state index in [0.29, 0.717) is 24.7 Å². The van der Waals surface area contributed by atoms with E-state index < -0.39 is 9.84 Å². The molecule has 10 heteroatoms. The van der Waals surface area contributed by atoms with Crippen molar-refractivity contribution in [3.05, 3.63) is 47.8 Å². The van der Waals surface area contributed by atoms with Crippen molar-refractivity contribution in [3.8, 4) is 0 Å². The summed E-state index contributed by atoms with van der Waals surface area (Å²) in [5, 5.41) is 0. The minimum atomic E-state index is -3.37. The number of hydrogen-bond acceptors (Lipinski definition) is 8. The summed E-state index contributed by atoms with van der Waals surface area (Å²) < 4.78 is 29.7. The van der Waals surface area contributed by atoms with Crippen LogP contribution in [0.4, 0.5) is 10.7 Å². The number of piperazine rings is 1. The molecule has 2 aliphatic rings. The summed E-state index contributed by atoms with van der Waals surface area (Å²) in [6.45, 7) is 9.49. The lowest BCUT2D eigenvalue weighted by Gasteiger charge is -2.44. The molecule has 190 valence electrons. The summed E-state index contributed by atoms with van der Waals surface area (Å²) in [5.74, 6) is 0.479. The van der Waals surface area contributed by atoms with Crippen LogP contribution in [-0.4, -0.2) is 84.9 Å². The second-order valence-electron chi connectivity index (χ2n) is 9.75. The Morgan fingerprint density at radius 1 is 1.09 bits per heavy atom. The van der Waals surface area contributed by atoms with Crippen LogP contribution >= 0.6 is 0 Å². The van der Waals surface area contributed by atoms with Gasteiger partial charge in [-0.25, -0.2) is 23.2 Å². The first-order chi connectivity index (χ1) is 16.6. The van der Waals surface area contributed by atoms with Crippen molar-refractivity contribution in [2.24, 2.45) is 0 Å². The largest absolute Gasteiger partial charge is 0.446 e. The van der Waals surface area contributed by atoms with Crippen molar-refractivity contribution in [1.82, 2.24) is 19.8 Å². The highest BCUT2D eigenvalue weighted by Gasteiger charge is 2.36. The number of amides is 1. The number of carbonyl (C=O) groups excluding carboxylic acids is 1. The summed E-state index contributed by atoms with van der Waals surface area (Å²) >= 11 is 0. The van der Waals surface area contributed by atoms with E-state index in [1.54, 1.807) is 6.92 Å². The number of aromatic nitrogens is 2. The lowest BCUT2D eigenvalue weighted by molar-refractivity contribution is 0.00995. The van der Waals surface area contributed by atoms with Crippen molar-refractivity contribution >= 4 is 21.9 Å². The number of hydrogen-bond donors (Lipinski definition) is 0. The standard InChI is InChI=1S/C25H35N5O4S/c1-18-15-29(24-26-14-23(20(3)27-24)35(4,32)33)16-19(2)30(18)25(31)34-22-10-12-28(13-11-22)17-21-8-6-5-7-9-21/h5-9,14,18-19,22H,10-13,15-17H2,1-4H3/t18-,19+. The molecular formula is C25H35N5O4S. The SMILES string of the molecule is Cc1nc(N2C[C@@H](C)N(C(=O)OC3CCN(Cc4ccccc4)CC3)[C@@H](C)C2)ncc1S(C)(=O)=O. The molecule has 2 aromatic rings. The van der Waals surface area contributed by atoms with Gasteiger partial charge in [0.25, 0.3) is 0 Å². The molecule has 4 rings (SSSR count). The second kappa shape index (κ2) is 10.5. The number of ether oxygens (including phenoxy) is 1. The predicted octanol–water partition coefficient (Wildman–Crippen LogP) is 2.89. The highest BCUT2D eigenvalue weighted by Crippen LogP contribution is 2.24. The Bertz CT molecular complexity index is 1120. The van der Waals surface area contributed by atoms with Crippen LogP contribution in [0.3, 0.4) is 0 Å². The van der Waals surface area contributed by atoms with E-state index >= 15 is 0 Å². The zero-order valence-electron chi connectivity index (χ0n) is 20.9. The Labute approximate surface area is 208 Å². The third-order valence-electron chi connectivity index (χ3n) is 6.78. The maximum atomic E-state index is 13.1. The number of nitrogens with zero attached hydrogens (tertiary/aromatic N) is 5. The smallest absolute Gasteiger partial charge is 0.410 e. The van der Waals surface area contributed by atoms with Gasteiger partial charge < -0.3 is 9.64 Å². The predicted molar refractivity (Wildman–Crippen MR) is 134 cm³/mol. The number of benzene rings is 1. The van der Waals surface area contributed by atoms with E-state index in [4.69, 9.17) is 4.74 Å². The van der Waals surface area contributed by atoms with Gasteiger partial charge >= 0.3 is 6.09 Å². The molecule has 0 saturated carbocycles. The summed E-state index contributed by atoms with van der Waals surface area (Å²) in [5.41, 5.74) is 1.73. The maximum Gasteiger partial charge on any atom is 0.410 e. The van der Waals surface area contributed by atoms with Gasteiger partial charge in [0.1, 0.15) is 11.0 Å². The van der Waals surface area contributed by atoms with E-state index in [2.05, 4.69) is 39.1 Å². The molecule has 35 heavy (non-hydrogen) atoms. The van der Waals surface area contributed by atoms with Crippen LogP contribution in [0.5, 0.6) is 0 Å². The lowest BCUT2D eigenvalue weighted by atomic mass is 10.1. The molecule has 2 fully saturated rings. The topological polar surface area (TPSA) is 95.9 Å². The van der Waals surface area contributed by atoms with E-state index in [9.17, 15) is 13.2 Å². The number of rotatable bonds is 5. The first-order valence-electron chi connectivity index (χ1n) is 12.2. The molecule has 2 saturated heterocycles. The summed E-state index contributed by atoms with van der Waals surface area (Å²) in [4.78, 5) is 28.2. The number of sulfone groups is 1. The van der Waals surface area contributed by atoms with Gasteiger partial charge in [0.15, 0.2) is 9.84 Å². The number of likely N-dealkylation sites (tertiary alicyclic amines) is 1. The quantitative estimate of drug-likeness (QED) is 0.617. The van der Waals surface area contributed by atoms with Gasteiger partial charge in [-0.1, -0.05) is 30.3 Å². The Hall–Kier alpha value is -2.72. The average Bonchev–Trinajstić information content (AvgIpc) is 2.79. The van der Waals surface area contributed by atoms with E-state index in [-0.39, 0.29) is 29.2 Å². The Kier molecular flexibility index (Phi) is 7.61. The summed E-state index contributed by atoms with van der Waals surface area (Å²) in [7, 11) is -3.37. The maximum absolute atomic E-state index is 13.1. The monoisotopic (exact) mass is 501 g/mol. The zero-order valence-corrected chi connectivity index (χ0v) is 21.7. The molecule has 0 radical (unpaired) electrons. The highest BCUT2D eigenvalue weighted by molar-refractivity contribution is 7.90. The molecule has 0 N–H and O–H groups in total. The van der Waals surface area contributed by atoms with Crippen LogP contribution in [0.25, 0.3) is 0 Å². The third kappa shape index (κ3) is 6.10. The number of piperidine rings is 1. The molecule has 2 aliphatic heterocycles. The Morgan fingerprint density at radius 3 is 2.29 bits per heavy atom. The van der Waals surface area contributed by atoms with Crippen LogP contribution in [0.2, 0.25) is 0 Å². The highest BCUT2D eigenvalue weighted by atomic mass is 32.2. The van der Waals surface area contributed by atoms with Gasteiger partial charge in [-0.2, -0.15) is 0 Å². The second-order valence-corrected chi connectivity index (χ2v) is 11.7. The third-order valence-corrected chi connectivity index (χ3v) is 7.98.